The topological polar surface area (TPSA) is 80.6 Å². The van der Waals surface area contributed by atoms with Gasteiger partial charge >= 0.3 is 0 Å². The van der Waals surface area contributed by atoms with E-state index in [1.807, 2.05) is 7.11 Å². The lowest BCUT2D eigenvalue weighted by Gasteiger charge is -2.58. The van der Waals surface area contributed by atoms with E-state index in [-0.39, 0.29) is 19.3 Å². The first-order valence-corrected chi connectivity index (χ1v) is 14.7. The maximum Gasteiger partial charge on any atom is 0.207 e. The molecule has 1 aromatic carbocycles. The van der Waals surface area contributed by atoms with E-state index in [9.17, 15) is 0 Å². The van der Waals surface area contributed by atoms with E-state index in [0.717, 1.165) is 56.2 Å². The third-order valence-corrected chi connectivity index (χ3v) is 9.66. The number of ether oxygens (including phenoxy) is 2. The second kappa shape index (κ2) is 12.8. The molecule has 6 rings (SSSR count). The molecule has 4 bridgehead atoms. The summed E-state index contributed by atoms with van der Waals surface area (Å²) in [4.78, 5) is 14.5. The zero-order chi connectivity index (χ0) is 25.7. The largest absolute Gasteiger partial charge is 0.494 e. The number of hydrogen-bond acceptors (Lipinski definition) is 7. The third-order valence-electron chi connectivity index (χ3n) is 9.66. The summed E-state index contributed by atoms with van der Waals surface area (Å²) in [6.45, 7) is 2.83. The minimum atomic E-state index is -0.518. The Kier molecular flexibility index (Phi) is 9.43. The minimum Gasteiger partial charge on any atom is -0.494 e. The average Bonchev–Trinajstić information content (AvgIpc) is 2.92. The van der Waals surface area contributed by atoms with Gasteiger partial charge in [-0.3, -0.25) is 4.90 Å². The third kappa shape index (κ3) is 6.34. The van der Waals surface area contributed by atoms with E-state index in [1.54, 1.807) is 0 Å². The Hall–Kier alpha value is -1.22. The SMILES string of the molecule is COC1(OOC2CCC(c3ccc(OCCCN(CCO)CCO)cc3)CC2)C2CC3CC(C2)CC1C3. The Morgan fingerprint density at radius 1 is 0.838 bits per heavy atom. The predicted molar refractivity (Wildman–Crippen MR) is 141 cm³/mol. The van der Waals surface area contributed by atoms with Crippen molar-refractivity contribution in [2.45, 2.75) is 82.0 Å². The monoisotopic (exact) mass is 517 g/mol. The van der Waals surface area contributed by atoms with Crippen LogP contribution in [0.15, 0.2) is 24.3 Å². The van der Waals surface area contributed by atoms with Gasteiger partial charge in [-0.25, -0.2) is 9.78 Å². The highest BCUT2D eigenvalue weighted by molar-refractivity contribution is 5.29. The first kappa shape index (κ1) is 27.4. The Morgan fingerprint density at radius 2 is 1.46 bits per heavy atom. The van der Waals surface area contributed by atoms with E-state index in [4.69, 9.17) is 29.5 Å². The normalized spacial score (nSPS) is 34.8. The lowest BCUT2D eigenvalue weighted by molar-refractivity contribution is -0.485. The van der Waals surface area contributed by atoms with Crippen molar-refractivity contribution in [3.05, 3.63) is 29.8 Å². The van der Waals surface area contributed by atoms with Crippen molar-refractivity contribution >= 4 is 0 Å². The van der Waals surface area contributed by atoms with Crippen molar-refractivity contribution in [3.63, 3.8) is 0 Å². The van der Waals surface area contributed by atoms with Crippen LogP contribution in [0.2, 0.25) is 0 Å². The van der Waals surface area contributed by atoms with Gasteiger partial charge in [0.15, 0.2) is 0 Å². The van der Waals surface area contributed by atoms with Crippen LogP contribution >= 0.6 is 0 Å². The molecule has 0 saturated heterocycles. The second-order valence-corrected chi connectivity index (χ2v) is 11.9. The van der Waals surface area contributed by atoms with E-state index in [2.05, 4.69) is 29.2 Å². The number of aliphatic hydroxyl groups is 2. The van der Waals surface area contributed by atoms with Crippen LogP contribution < -0.4 is 4.74 Å². The van der Waals surface area contributed by atoms with Gasteiger partial charge in [0.1, 0.15) is 5.75 Å². The highest BCUT2D eigenvalue weighted by Gasteiger charge is 2.60. The predicted octanol–water partition coefficient (Wildman–Crippen LogP) is 4.52. The molecule has 0 aromatic heterocycles. The molecule has 0 atom stereocenters. The first-order chi connectivity index (χ1) is 18.1. The number of hydrogen-bond donors (Lipinski definition) is 2. The van der Waals surface area contributed by atoms with Crippen molar-refractivity contribution in [1.29, 1.82) is 0 Å². The Labute approximate surface area is 222 Å². The van der Waals surface area contributed by atoms with Crippen molar-refractivity contribution in [2.24, 2.45) is 23.7 Å². The molecule has 5 aliphatic carbocycles. The van der Waals surface area contributed by atoms with E-state index in [0.29, 0.717) is 37.5 Å². The maximum atomic E-state index is 9.11. The molecule has 208 valence electrons. The van der Waals surface area contributed by atoms with Gasteiger partial charge < -0.3 is 19.7 Å². The minimum absolute atomic E-state index is 0.110. The fourth-order valence-electron chi connectivity index (χ4n) is 7.91. The average molecular weight is 518 g/mol. The first-order valence-electron chi connectivity index (χ1n) is 14.7. The molecule has 5 aliphatic rings. The molecule has 0 radical (unpaired) electrons. The summed E-state index contributed by atoms with van der Waals surface area (Å²) in [5.41, 5.74) is 1.37. The Morgan fingerprint density at radius 3 is 2.03 bits per heavy atom. The quantitative estimate of drug-likeness (QED) is 0.163. The molecule has 7 heteroatoms. The molecule has 0 amide bonds. The van der Waals surface area contributed by atoms with Crippen molar-refractivity contribution < 1.29 is 29.5 Å². The van der Waals surface area contributed by atoms with Gasteiger partial charge in [0.05, 0.1) is 25.9 Å². The molecule has 5 saturated carbocycles. The van der Waals surface area contributed by atoms with Gasteiger partial charge in [0.2, 0.25) is 5.79 Å². The van der Waals surface area contributed by atoms with Crippen LogP contribution in [-0.4, -0.2) is 73.6 Å². The van der Waals surface area contributed by atoms with Crippen LogP contribution in [0.1, 0.15) is 75.7 Å². The molecule has 2 N–H and O–H groups in total. The lowest BCUT2D eigenvalue weighted by atomic mass is 9.53. The van der Waals surface area contributed by atoms with E-state index >= 15 is 0 Å². The van der Waals surface area contributed by atoms with Gasteiger partial charge in [0.25, 0.3) is 0 Å². The molecular formula is C30H47NO6. The van der Waals surface area contributed by atoms with E-state index < -0.39 is 5.79 Å². The van der Waals surface area contributed by atoms with Gasteiger partial charge in [-0.05, 0) is 99.7 Å². The Bertz CT molecular complexity index is 790. The van der Waals surface area contributed by atoms with Crippen molar-refractivity contribution in [1.82, 2.24) is 4.90 Å². The van der Waals surface area contributed by atoms with E-state index in [1.165, 1.54) is 37.7 Å². The van der Waals surface area contributed by atoms with Gasteiger partial charge in [0, 0.05) is 38.6 Å². The van der Waals surface area contributed by atoms with Crippen molar-refractivity contribution in [2.75, 3.05) is 46.6 Å². The fourth-order valence-corrected chi connectivity index (χ4v) is 7.91. The lowest BCUT2D eigenvalue weighted by Crippen LogP contribution is -2.60. The molecule has 0 spiro atoms. The standard InChI is InChI=1S/C30H47NO6/c1-34-30(26-18-22-17-23(20-26)21-27(30)19-22)37-36-29-9-5-25(6-10-29)24-3-7-28(8-4-24)35-16-2-11-31(12-14-32)13-15-33/h3-4,7-8,22-23,25-27,29,32-33H,2,5-6,9-21H2,1H3. The molecule has 37 heavy (non-hydrogen) atoms. The summed E-state index contributed by atoms with van der Waals surface area (Å²) in [6, 6.07) is 8.57. The molecule has 7 nitrogen and oxygen atoms in total. The maximum absolute atomic E-state index is 9.11. The molecule has 0 heterocycles. The van der Waals surface area contributed by atoms with Gasteiger partial charge in [-0.2, -0.15) is 0 Å². The van der Waals surface area contributed by atoms with Crippen LogP contribution in [0, 0.1) is 23.7 Å². The zero-order valence-electron chi connectivity index (χ0n) is 22.6. The van der Waals surface area contributed by atoms with Gasteiger partial charge in [-0.15, -0.1) is 0 Å². The number of rotatable bonds is 14. The number of methoxy groups -OCH3 is 1. The summed E-state index contributed by atoms with van der Waals surface area (Å²) in [5.74, 6) is 3.66. The fraction of sp³-hybridized carbons (Fsp3) is 0.800. The van der Waals surface area contributed by atoms with Crippen LogP contribution in [0.4, 0.5) is 0 Å². The summed E-state index contributed by atoms with van der Waals surface area (Å²) >= 11 is 0. The zero-order valence-corrected chi connectivity index (χ0v) is 22.6. The highest BCUT2D eigenvalue weighted by Crippen LogP contribution is 2.60. The summed E-state index contributed by atoms with van der Waals surface area (Å²) in [5, 5.41) is 18.2. The summed E-state index contributed by atoms with van der Waals surface area (Å²) < 4.78 is 12.0. The van der Waals surface area contributed by atoms with Crippen LogP contribution in [-0.2, 0) is 14.5 Å². The summed E-state index contributed by atoms with van der Waals surface area (Å²) in [6.07, 6.45) is 11.6. The van der Waals surface area contributed by atoms with Crippen LogP contribution in [0.25, 0.3) is 0 Å². The molecule has 5 fully saturated rings. The Balaban J connectivity index is 1.03. The van der Waals surface area contributed by atoms with Crippen molar-refractivity contribution in [3.8, 4) is 5.75 Å². The number of benzene rings is 1. The molecular weight excluding hydrogens is 470 g/mol. The molecule has 1 aromatic rings. The van der Waals surface area contributed by atoms with Crippen LogP contribution in [0.3, 0.4) is 0 Å². The summed E-state index contributed by atoms with van der Waals surface area (Å²) in [7, 11) is 1.82. The molecule has 0 aliphatic heterocycles. The number of aliphatic hydroxyl groups excluding tert-OH is 2. The second-order valence-electron chi connectivity index (χ2n) is 11.9. The number of nitrogens with zero attached hydrogens (tertiary/aromatic N) is 1. The smallest absolute Gasteiger partial charge is 0.207 e. The highest BCUT2D eigenvalue weighted by atomic mass is 17.2. The molecule has 0 unspecified atom stereocenters. The van der Waals surface area contributed by atoms with Gasteiger partial charge in [-0.1, -0.05) is 12.1 Å². The van der Waals surface area contributed by atoms with Crippen LogP contribution in [0.5, 0.6) is 5.75 Å².